The molecule has 2 aromatic rings. The van der Waals surface area contributed by atoms with Crippen LogP contribution < -0.4 is 15.0 Å². The number of benzene rings is 2. The number of hydrogen-bond donors (Lipinski definition) is 3. The minimum Gasteiger partial charge on any atom is -0.495 e. The normalized spacial score (nSPS) is 13.5. The number of hydrogen-bond acceptors (Lipinski definition) is 6. The predicted molar refractivity (Wildman–Crippen MR) is 133 cm³/mol. The highest BCUT2D eigenvalue weighted by Crippen LogP contribution is 2.28. The summed E-state index contributed by atoms with van der Waals surface area (Å²) in [5.41, 5.74) is 1.90. The van der Waals surface area contributed by atoms with Gasteiger partial charge in [-0.3, -0.25) is 9.69 Å². The van der Waals surface area contributed by atoms with Crippen LogP contribution in [0.3, 0.4) is 0 Å². The predicted octanol–water partition coefficient (Wildman–Crippen LogP) is 2.40. The molecule has 3 rings (SSSR count). The van der Waals surface area contributed by atoms with Crippen molar-refractivity contribution < 1.29 is 29.3 Å². The molecule has 1 saturated heterocycles. The van der Waals surface area contributed by atoms with Crippen molar-refractivity contribution in [3.8, 4) is 5.75 Å². The molecule has 0 saturated carbocycles. The number of rotatable bonds is 7. The van der Waals surface area contributed by atoms with Crippen LogP contribution in [-0.2, 0) is 9.59 Å². The second-order valence-electron chi connectivity index (χ2n) is 7.23. The first-order valence-corrected chi connectivity index (χ1v) is 11.5. The number of piperazine rings is 1. The second-order valence-corrected chi connectivity index (χ2v) is 8.48. The van der Waals surface area contributed by atoms with Gasteiger partial charge >= 0.3 is 11.9 Å². The monoisotopic (exact) mass is 569 g/mol. The van der Waals surface area contributed by atoms with Gasteiger partial charge in [0.05, 0.1) is 12.8 Å². The molecule has 0 aliphatic carbocycles. The SMILES string of the molecule is COc1ccccc1N1CCN(CCCNC(=O)c2cccc(I)c2)CC1.O=C(O)C(=O)O. The van der Waals surface area contributed by atoms with Crippen molar-refractivity contribution in [2.45, 2.75) is 6.42 Å². The lowest BCUT2D eigenvalue weighted by molar-refractivity contribution is -0.159. The Balaban J connectivity index is 0.000000569. The third-order valence-electron chi connectivity index (χ3n) is 5.00. The number of para-hydroxylation sites is 2. The molecule has 0 radical (unpaired) electrons. The number of amides is 1. The van der Waals surface area contributed by atoms with Gasteiger partial charge in [-0.15, -0.1) is 0 Å². The van der Waals surface area contributed by atoms with Crippen molar-refractivity contribution in [3.63, 3.8) is 0 Å². The summed E-state index contributed by atoms with van der Waals surface area (Å²) < 4.78 is 6.55. The van der Waals surface area contributed by atoms with E-state index in [9.17, 15) is 4.79 Å². The number of halogens is 1. The van der Waals surface area contributed by atoms with Crippen LogP contribution in [0.2, 0.25) is 0 Å². The Bertz CT molecular complexity index is 935. The average Bonchev–Trinajstić information content (AvgIpc) is 2.82. The van der Waals surface area contributed by atoms with Crippen LogP contribution in [0.5, 0.6) is 5.75 Å². The highest BCUT2D eigenvalue weighted by Gasteiger charge is 2.19. The van der Waals surface area contributed by atoms with E-state index in [1.165, 1.54) is 5.69 Å². The van der Waals surface area contributed by atoms with E-state index in [1.54, 1.807) is 7.11 Å². The first-order chi connectivity index (χ1) is 15.8. The van der Waals surface area contributed by atoms with Crippen LogP contribution in [0.25, 0.3) is 0 Å². The van der Waals surface area contributed by atoms with E-state index in [4.69, 9.17) is 24.5 Å². The number of carboxylic acid groups (broad SMARTS) is 2. The lowest BCUT2D eigenvalue weighted by atomic mass is 10.2. The van der Waals surface area contributed by atoms with Crippen molar-refractivity contribution in [2.75, 3.05) is 51.3 Å². The fourth-order valence-electron chi connectivity index (χ4n) is 3.34. The third kappa shape index (κ3) is 8.89. The average molecular weight is 569 g/mol. The van der Waals surface area contributed by atoms with Crippen LogP contribution in [-0.4, -0.2) is 79.3 Å². The minimum absolute atomic E-state index is 0.00880. The largest absolute Gasteiger partial charge is 0.495 e. The minimum atomic E-state index is -1.82. The van der Waals surface area contributed by atoms with E-state index >= 15 is 0 Å². The maximum atomic E-state index is 12.2. The van der Waals surface area contributed by atoms with E-state index in [1.807, 2.05) is 36.4 Å². The van der Waals surface area contributed by atoms with Gasteiger partial charge in [-0.2, -0.15) is 0 Å². The molecule has 1 amide bonds. The zero-order chi connectivity index (χ0) is 24.2. The quantitative estimate of drug-likeness (QED) is 0.264. The molecule has 0 spiro atoms. The van der Waals surface area contributed by atoms with Crippen molar-refractivity contribution in [2.24, 2.45) is 0 Å². The van der Waals surface area contributed by atoms with Gasteiger partial charge in [-0.1, -0.05) is 18.2 Å². The van der Waals surface area contributed by atoms with Crippen molar-refractivity contribution in [3.05, 3.63) is 57.7 Å². The molecule has 0 aromatic heterocycles. The van der Waals surface area contributed by atoms with Gasteiger partial charge in [0.2, 0.25) is 0 Å². The molecule has 9 nitrogen and oxygen atoms in total. The molecule has 33 heavy (non-hydrogen) atoms. The molecule has 1 aliphatic heterocycles. The molecular formula is C23H28IN3O6. The Morgan fingerprint density at radius 2 is 1.67 bits per heavy atom. The standard InChI is InChI=1S/C21H26IN3O2.C2H2O4/c1-27-20-9-3-2-8-19(20)25-14-12-24(13-15-25)11-5-10-23-21(26)17-6-4-7-18(22)16-17;3-1(4)2(5)6/h2-4,6-9,16H,5,10-15H2,1H3,(H,23,26);(H,3,4)(H,5,6). The van der Waals surface area contributed by atoms with E-state index < -0.39 is 11.9 Å². The first kappa shape index (κ1) is 26.4. The molecular weight excluding hydrogens is 541 g/mol. The molecule has 10 heteroatoms. The summed E-state index contributed by atoms with van der Waals surface area (Å²) in [6, 6.07) is 15.9. The molecule has 1 heterocycles. The van der Waals surface area contributed by atoms with Crippen molar-refractivity contribution in [1.29, 1.82) is 0 Å². The molecule has 1 aliphatic rings. The second kappa shape index (κ2) is 13.6. The summed E-state index contributed by atoms with van der Waals surface area (Å²) in [4.78, 5) is 35.2. The van der Waals surface area contributed by atoms with Crippen LogP contribution in [0.4, 0.5) is 5.69 Å². The number of ether oxygens (including phenoxy) is 1. The van der Waals surface area contributed by atoms with E-state index in [2.05, 4.69) is 49.8 Å². The molecule has 3 N–H and O–H groups in total. The number of nitrogens with one attached hydrogen (secondary N) is 1. The van der Waals surface area contributed by atoms with E-state index in [0.717, 1.165) is 54.0 Å². The zero-order valence-corrected chi connectivity index (χ0v) is 20.5. The van der Waals surface area contributed by atoms with E-state index in [0.29, 0.717) is 6.54 Å². The van der Waals surface area contributed by atoms with Gasteiger partial charge in [0.1, 0.15) is 5.75 Å². The van der Waals surface area contributed by atoms with Gasteiger partial charge in [0.15, 0.2) is 0 Å². The smallest absolute Gasteiger partial charge is 0.414 e. The maximum absolute atomic E-state index is 12.2. The topological polar surface area (TPSA) is 119 Å². The Kier molecular flexibility index (Phi) is 10.9. The van der Waals surface area contributed by atoms with Crippen LogP contribution in [0, 0.1) is 3.57 Å². The molecule has 0 bridgehead atoms. The maximum Gasteiger partial charge on any atom is 0.414 e. The fourth-order valence-corrected chi connectivity index (χ4v) is 3.88. The Morgan fingerprint density at radius 1 is 1.00 bits per heavy atom. The zero-order valence-electron chi connectivity index (χ0n) is 18.4. The number of carbonyl (C=O) groups is 3. The third-order valence-corrected chi connectivity index (χ3v) is 5.68. The lowest BCUT2D eigenvalue weighted by Gasteiger charge is -2.36. The summed E-state index contributed by atoms with van der Waals surface area (Å²) in [7, 11) is 1.72. The van der Waals surface area contributed by atoms with Crippen LogP contribution >= 0.6 is 22.6 Å². The summed E-state index contributed by atoms with van der Waals surface area (Å²) >= 11 is 2.22. The summed E-state index contributed by atoms with van der Waals surface area (Å²) in [5.74, 6) is -2.70. The summed E-state index contributed by atoms with van der Waals surface area (Å²) in [6.45, 7) is 5.76. The summed E-state index contributed by atoms with van der Waals surface area (Å²) in [5, 5.41) is 17.8. The Hall–Kier alpha value is -2.86. The lowest BCUT2D eigenvalue weighted by Crippen LogP contribution is -2.47. The number of carboxylic acids is 2. The molecule has 0 unspecified atom stereocenters. The van der Waals surface area contributed by atoms with Crippen LogP contribution in [0.1, 0.15) is 16.8 Å². The van der Waals surface area contributed by atoms with Gasteiger partial charge in [0, 0.05) is 41.9 Å². The van der Waals surface area contributed by atoms with Crippen molar-refractivity contribution >= 4 is 46.1 Å². The Morgan fingerprint density at radius 3 is 2.27 bits per heavy atom. The fraction of sp³-hybridized carbons (Fsp3) is 0.348. The first-order valence-electron chi connectivity index (χ1n) is 10.4. The highest BCUT2D eigenvalue weighted by molar-refractivity contribution is 14.1. The molecule has 2 aromatic carbocycles. The highest BCUT2D eigenvalue weighted by atomic mass is 127. The number of anilines is 1. The Labute approximate surface area is 206 Å². The van der Waals surface area contributed by atoms with Gasteiger partial charge < -0.3 is 25.2 Å². The van der Waals surface area contributed by atoms with E-state index in [-0.39, 0.29) is 5.91 Å². The number of methoxy groups -OCH3 is 1. The number of aliphatic carboxylic acids is 2. The number of nitrogens with zero attached hydrogens (tertiary/aromatic N) is 2. The summed E-state index contributed by atoms with van der Waals surface area (Å²) in [6.07, 6.45) is 0.963. The molecule has 178 valence electrons. The number of carbonyl (C=O) groups excluding carboxylic acids is 1. The molecule has 1 fully saturated rings. The van der Waals surface area contributed by atoms with Gasteiger partial charge in [-0.25, -0.2) is 9.59 Å². The van der Waals surface area contributed by atoms with Crippen LogP contribution in [0.15, 0.2) is 48.5 Å². The van der Waals surface area contributed by atoms with Gasteiger partial charge in [-0.05, 0) is 65.9 Å². The molecule has 0 atom stereocenters. The van der Waals surface area contributed by atoms with Crippen molar-refractivity contribution in [1.82, 2.24) is 10.2 Å². The van der Waals surface area contributed by atoms with Gasteiger partial charge in [0.25, 0.3) is 5.91 Å².